The van der Waals surface area contributed by atoms with Crippen molar-refractivity contribution < 1.29 is 9.26 Å². The third kappa shape index (κ3) is 2.18. The lowest BCUT2D eigenvalue weighted by Gasteiger charge is -2.05. The largest absolute Gasteiger partial charge is 0.381 e. The summed E-state index contributed by atoms with van der Waals surface area (Å²) in [4.78, 5) is 0. The van der Waals surface area contributed by atoms with Crippen molar-refractivity contribution in [3.63, 3.8) is 0 Å². The molecule has 0 fully saturated rings. The molecule has 0 bridgehead atoms. The number of nitrogens with zero attached hydrogens (tertiary/aromatic N) is 1. The topological polar surface area (TPSA) is 61.3 Å². The first-order chi connectivity index (χ1) is 7.70. The lowest BCUT2D eigenvalue weighted by Crippen LogP contribution is -1.91. The van der Waals surface area contributed by atoms with Crippen LogP contribution in [0.25, 0.3) is 11.3 Å². The van der Waals surface area contributed by atoms with Crippen LogP contribution in [0.15, 0.2) is 28.8 Å². The molecule has 2 rings (SSSR count). The predicted molar refractivity (Wildman–Crippen MR) is 62.1 cm³/mol. The molecule has 2 N–H and O–H groups in total. The lowest BCUT2D eigenvalue weighted by atomic mass is 10.1. The molecule has 0 amide bonds. The Morgan fingerprint density at radius 3 is 2.88 bits per heavy atom. The number of ether oxygens (including phenoxy) is 1. The summed E-state index contributed by atoms with van der Waals surface area (Å²) in [5.41, 5.74) is 7.33. The number of nitrogen functional groups attached to an aromatic ring is 1. The van der Waals surface area contributed by atoms with E-state index in [9.17, 15) is 0 Å². The standard InChI is InChI=1S/C11H11ClN2O2/c1-15-6-7-2-3-8(12)4-9(7)10-5-11(13)14-16-10/h2-5H,6H2,1H3,(H2,13,14). The molecule has 4 nitrogen and oxygen atoms in total. The Kier molecular flexibility index (Phi) is 3.12. The highest BCUT2D eigenvalue weighted by atomic mass is 35.5. The molecule has 1 aromatic carbocycles. The van der Waals surface area contributed by atoms with Crippen LogP contribution in [0.2, 0.25) is 5.02 Å². The van der Waals surface area contributed by atoms with Crippen molar-refractivity contribution in [1.29, 1.82) is 0 Å². The molecule has 0 aliphatic carbocycles. The summed E-state index contributed by atoms with van der Waals surface area (Å²) in [5.74, 6) is 0.936. The van der Waals surface area contributed by atoms with E-state index in [2.05, 4.69) is 5.16 Å². The highest BCUT2D eigenvalue weighted by Gasteiger charge is 2.10. The molecule has 16 heavy (non-hydrogen) atoms. The van der Waals surface area contributed by atoms with Gasteiger partial charge in [0.15, 0.2) is 11.6 Å². The van der Waals surface area contributed by atoms with E-state index in [-0.39, 0.29) is 0 Å². The smallest absolute Gasteiger partial charge is 0.169 e. The van der Waals surface area contributed by atoms with E-state index in [0.29, 0.717) is 23.2 Å². The molecule has 0 aliphatic rings. The third-order valence-corrected chi connectivity index (χ3v) is 2.40. The molecule has 5 heteroatoms. The molecule has 0 spiro atoms. The van der Waals surface area contributed by atoms with Crippen molar-refractivity contribution >= 4 is 17.4 Å². The van der Waals surface area contributed by atoms with Gasteiger partial charge in [-0.25, -0.2) is 0 Å². The van der Waals surface area contributed by atoms with Crippen molar-refractivity contribution in [1.82, 2.24) is 5.16 Å². The van der Waals surface area contributed by atoms with Gasteiger partial charge in [-0.05, 0) is 17.7 Å². The Hall–Kier alpha value is -1.52. The van der Waals surface area contributed by atoms with Crippen molar-refractivity contribution in [3.8, 4) is 11.3 Å². The molecule has 1 aromatic heterocycles. The second-order valence-electron chi connectivity index (χ2n) is 3.35. The maximum Gasteiger partial charge on any atom is 0.169 e. The fraction of sp³-hybridized carbons (Fsp3) is 0.182. The average Bonchev–Trinajstić information content (AvgIpc) is 2.68. The summed E-state index contributed by atoms with van der Waals surface area (Å²) >= 11 is 5.94. The first-order valence-electron chi connectivity index (χ1n) is 4.70. The van der Waals surface area contributed by atoms with Gasteiger partial charge in [-0.2, -0.15) is 0 Å². The van der Waals surface area contributed by atoms with Gasteiger partial charge in [-0.15, -0.1) is 0 Å². The molecular formula is C11H11ClN2O2. The molecule has 0 aliphatic heterocycles. The van der Waals surface area contributed by atoms with Crippen LogP contribution in [0, 0.1) is 0 Å². The number of benzene rings is 1. The van der Waals surface area contributed by atoms with Crippen LogP contribution in [0.3, 0.4) is 0 Å². The number of methoxy groups -OCH3 is 1. The maximum absolute atomic E-state index is 5.94. The molecule has 0 unspecified atom stereocenters. The summed E-state index contributed by atoms with van der Waals surface area (Å²) in [6.07, 6.45) is 0. The Bertz CT molecular complexity index is 496. The quantitative estimate of drug-likeness (QED) is 0.893. The summed E-state index contributed by atoms with van der Waals surface area (Å²) in [6, 6.07) is 7.15. The van der Waals surface area contributed by atoms with Crippen LogP contribution in [-0.2, 0) is 11.3 Å². The van der Waals surface area contributed by atoms with Crippen LogP contribution >= 0.6 is 11.6 Å². The zero-order valence-corrected chi connectivity index (χ0v) is 9.49. The fourth-order valence-electron chi connectivity index (χ4n) is 1.48. The monoisotopic (exact) mass is 238 g/mol. The van der Waals surface area contributed by atoms with Crippen molar-refractivity contribution in [2.75, 3.05) is 12.8 Å². The van der Waals surface area contributed by atoms with Crippen LogP contribution < -0.4 is 5.73 Å². The Labute approximate surface area is 97.9 Å². The lowest BCUT2D eigenvalue weighted by molar-refractivity contribution is 0.185. The highest BCUT2D eigenvalue weighted by molar-refractivity contribution is 6.30. The SMILES string of the molecule is COCc1ccc(Cl)cc1-c1cc(N)no1. The van der Waals surface area contributed by atoms with E-state index in [1.165, 1.54) is 0 Å². The van der Waals surface area contributed by atoms with Gasteiger partial charge < -0.3 is 15.0 Å². The van der Waals surface area contributed by atoms with E-state index in [0.717, 1.165) is 11.1 Å². The number of anilines is 1. The molecule has 0 radical (unpaired) electrons. The number of hydrogen-bond acceptors (Lipinski definition) is 4. The minimum absolute atomic E-state index is 0.346. The number of hydrogen-bond donors (Lipinski definition) is 1. The number of rotatable bonds is 3. The normalized spacial score (nSPS) is 10.6. The van der Waals surface area contributed by atoms with Gasteiger partial charge in [0.2, 0.25) is 0 Å². The minimum Gasteiger partial charge on any atom is -0.381 e. The predicted octanol–water partition coefficient (Wildman–Crippen LogP) is 2.72. The van der Waals surface area contributed by atoms with E-state index in [4.69, 9.17) is 26.6 Å². The van der Waals surface area contributed by atoms with E-state index >= 15 is 0 Å². The Balaban J connectivity index is 2.48. The van der Waals surface area contributed by atoms with E-state index in [1.54, 1.807) is 25.3 Å². The fourth-order valence-corrected chi connectivity index (χ4v) is 1.65. The van der Waals surface area contributed by atoms with Crippen molar-refractivity contribution in [2.24, 2.45) is 0 Å². The first kappa shape index (κ1) is 11.0. The summed E-state index contributed by atoms with van der Waals surface area (Å²) in [5, 5.41) is 4.27. The van der Waals surface area contributed by atoms with Crippen LogP contribution in [0.1, 0.15) is 5.56 Å². The van der Waals surface area contributed by atoms with Crippen LogP contribution in [0.5, 0.6) is 0 Å². The number of halogens is 1. The van der Waals surface area contributed by atoms with Crippen LogP contribution in [-0.4, -0.2) is 12.3 Å². The zero-order valence-electron chi connectivity index (χ0n) is 8.74. The van der Waals surface area contributed by atoms with Gasteiger partial charge in [0.05, 0.1) is 6.61 Å². The molecule has 84 valence electrons. The van der Waals surface area contributed by atoms with Crippen LogP contribution in [0.4, 0.5) is 5.82 Å². The number of aromatic nitrogens is 1. The van der Waals surface area contributed by atoms with E-state index in [1.807, 2.05) is 6.07 Å². The molecule has 0 atom stereocenters. The average molecular weight is 239 g/mol. The van der Waals surface area contributed by atoms with Crippen molar-refractivity contribution in [2.45, 2.75) is 6.61 Å². The zero-order chi connectivity index (χ0) is 11.5. The van der Waals surface area contributed by atoms with Gasteiger partial charge >= 0.3 is 0 Å². The second-order valence-corrected chi connectivity index (χ2v) is 3.79. The number of nitrogens with two attached hydrogens (primary N) is 1. The highest BCUT2D eigenvalue weighted by Crippen LogP contribution is 2.28. The summed E-state index contributed by atoms with van der Waals surface area (Å²) < 4.78 is 10.2. The molecule has 0 saturated carbocycles. The summed E-state index contributed by atoms with van der Waals surface area (Å²) in [6.45, 7) is 0.479. The van der Waals surface area contributed by atoms with Gasteiger partial charge in [-0.1, -0.05) is 22.8 Å². The summed E-state index contributed by atoms with van der Waals surface area (Å²) in [7, 11) is 1.63. The van der Waals surface area contributed by atoms with Gasteiger partial charge in [0.25, 0.3) is 0 Å². The molecule has 0 saturated heterocycles. The third-order valence-electron chi connectivity index (χ3n) is 2.17. The molecule has 2 aromatic rings. The van der Waals surface area contributed by atoms with E-state index < -0.39 is 0 Å². The van der Waals surface area contributed by atoms with Gasteiger partial charge in [-0.3, -0.25) is 0 Å². The minimum atomic E-state index is 0.346. The molecule has 1 heterocycles. The Morgan fingerprint density at radius 2 is 2.25 bits per heavy atom. The first-order valence-corrected chi connectivity index (χ1v) is 5.08. The van der Waals surface area contributed by atoms with Gasteiger partial charge in [0.1, 0.15) is 0 Å². The van der Waals surface area contributed by atoms with Crippen molar-refractivity contribution in [3.05, 3.63) is 34.9 Å². The van der Waals surface area contributed by atoms with Gasteiger partial charge in [0, 0.05) is 23.8 Å². The molecular weight excluding hydrogens is 228 g/mol. The Morgan fingerprint density at radius 1 is 1.44 bits per heavy atom. The second kappa shape index (κ2) is 4.55. The maximum atomic E-state index is 5.94.